The van der Waals surface area contributed by atoms with Gasteiger partial charge >= 0.3 is 0 Å². The molecule has 1 aromatic heterocycles. The number of hydrogen-bond donors (Lipinski definition) is 2. The Morgan fingerprint density at radius 1 is 1.25 bits per heavy atom. The maximum Gasteiger partial charge on any atom is 0.141 e. The molecule has 0 radical (unpaired) electrons. The van der Waals surface area contributed by atoms with Gasteiger partial charge in [0.15, 0.2) is 0 Å². The Balaban J connectivity index is 2.23. The number of para-hydroxylation sites is 1. The lowest BCUT2D eigenvalue weighted by atomic mass is 10.1. The molecule has 0 aliphatic carbocycles. The van der Waals surface area contributed by atoms with Crippen LogP contribution in [0.1, 0.15) is 18.9 Å². The average molecular weight is 273 g/mol. The van der Waals surface area contributed by atoms with E-state index >= 15 is 0 Å². The highest BCUT2D eigenvalue weighted by Crippen LogP contribution is 2.27. The molecule has 20 heavy (non-hydrogen) atoms. The summed E-state index contributed by atoms with van der Waals surface area (Å²) >= 11 is 0. The molecule has 106 valence electrons. The first-order valence-corrected chi connectivity index (χ1v) is 6.66. The van der Waals surface area contributed by atoms with Crippen molar-refractivity contribution in [3.05, 3.63) is 36.0 Å². The standard InChI is InChI=1S/C15H19N3O2/c1-2-7-19-8-9-20-14-11-5-3-4-6-13(11)18-10-12(14)15(16)17/h3-6,10H,2,7-9H2,1H3,(H3,16,17). The number of fused-ring (bicyclic) bond motifs is 1. The van der Waals surface area contributed by atoms with Crippen LogP contribution in [0.4, 0.5) is 0 Å². The van der Waals surface area contributed by atoms with Crippen molar-refractivity contribution in [1.29, 1.82) is 5.41 Å². The first-order valence-electron chi connectivity index (χ1n) is 6.66. The number of nitrogens with two attached hydrogens (primary N) is 1. The van der Waals surface area contributed by atoms with E-state index in [1.54, 1.807) is 6.20 Å². The molecule has 0 amide bonds. The zero-order valence-corrected chi connectivity index (χ0v) is 11.6. The van der Waals surface area contributed by atoms with Gasteiger partial charge in [-0.1, -0.05) is 19.1 Å². The van der Waals surface area contributed by atoms with Crippen LogP contribution in [-0.2, 0) is 4.74 Å². The third-order valence-electron chi connectivity index (χ3n) is 2.84. The second-order valence-electron chi connectivity index (χ2n) is 4.39. The minimum atomic E-state index is -0.0484. The lowest BCUT2D eigenvalue weighted by molar-refractivity contribution is 0.101. The van der Waals surface area contributed by atoms with Crippen molar-refractivity contribution in [2.45, 2.75) is 13.3 Å². The molecule has 0 bridgehead atoms. The van der Waals surface area contributed by atoms with Crippen molar-refractivity contribution in [1.82, 2.24) is 4.98 Å². The van der Waals surface area contributed by atoms with Gasteiger partial charge in [0.25, 0.3) is 0 Å². The van der Waals surface area contributed by atoms with Gasteiger partial charge in [-0.2, -0.15) is 0 Å². The summed E-state index contributed by atoms with van der Waals surface area (Å²) in [5, 5.41) is 8.48. The van der Waals surface area contributed by atoms with Gasteiger partial charge in [-0.05, 0) is 18.6 Å². The molecule has 0 aliphatic heterocycles. The predicted molar refractivity (Wildman–Crippen MR) is 79.4 cm³/mol. The molecule has 2 aromatic rings. The summed E-state index contributed by atoms with van der Waals surface area (Å²) in [7, 11) is 0. The van der Waals surface area contributed by atoms with Crippen LogP contribution < -0.4 is 10.5 Å². The van der Waals surface area contributed by atoms with Gasteiger partial charge in [0, 0.05) is 18.2 Å². The van der Waals surface area contributed by atoms with E-state index in [1.165, 1.54) is 0 Å². The first-order chi connectivity index (χ1) is 9.74. The highest BCUT2D eigenvalue weighted by Gasteiger charge is 2.12. The number of nitrogens with zero attached hydrogens (tertiary/aromatic N) is 1. The molecule has 0 saturated heterocycles. The number of amidine groups is 1. The van der Waals surface area contributed by atoms with Crippen LogP contribution in [0.5, 0.6) is 5.75 Å². The predicted octanol–water partition coefficient (Wildman–Crippen LogP) is 2.32. The van der Waals surface area contributed by atoms with Crippen LogP contribution in [0, 0.1) is 5.41 Å². The second-order valence-corrected chi connectivity index (χ2v) is 4.39. The van der Waals surface area contributed by atoms with Crippen LogP contribution in [0.15, 0.2) is 30.5 Å². The molecule has 5 nitrogen and oxygen atoms in total. The van der Waals surface area contributed by atoms with E-state index in [2.05, 4.69) is 11.9 Å². The highest BCUT2D eigenvalue weighted by atomic mass is 16.5. The molecule has 0 unspecified atom stereocenters. The number of pyridine rings is 1. The third-order valence-corrected chi connectivity index (χ3v) is 2.84. The normalized spacial score (nSPS) is 10.7. The molecular weight excluding hydrogens is 254 g/mol. The number of benzene rings is 1. The van der Waals surface area contributed by atoms with Gasteiger partial charge in [-0.15, -0.1) is 0 Å². The fraction of sp³-hybridized carbons (Fsp3) is 0.333. The lowest BCUT2D eigenvalue weighted by Gasteiger charge is -2.13. The maximum absolute atomic E-state index is 7.62. The molecule has 2 rings (SSSR count). The molecule has 0 fully saturated rings. The Kier molecular flexibility index (Phi) is 4.90. The summed E-state index contributed by atoms with van der Waals surface area (Å²) in [5.41, 5.74) is 6.92. The maximum atomic E-state index is 7.62. The van der Waals surface area contributed by atoms with Crippen molar-refractivity contribution >= 4 is 16.7 Å². The molecule has 0 aliphatic rings. The summed E-state index contributed by atoms with van der Waals surface area (Å²) in [6.07, 6.45) is 2.56. The minimum Gasteiger partial charge on any atom is -0.490 e. The number of ether oxygens (including phenoxy) is 2. The van der Waals surface area contributed by atoms with Crippen molar-refractivity contribution in [3.8, 4) is 5.75 Å². The Bertz CT molecular complexity index is 599. The van der Waals surface area contributed by atoms with E-state index in [1.807, 2.05) is 24.3 Å². The summed E-state index contributed by atoms with van der Waals surface area (Å²) < 4.78 is 11.2. The van der Waals surface area contributed by atoms with E-state index in [-0.39, 0.29) is 5.84 Å². The van der Waals surface area contributed by atoms with Crippen LogP contribution in [0.3, 0.4) is 0 Å². The monoisotopic (exact) mass is 273 g/mol. The Labute approximate surface area is 118 Å². The lowest BCUT2D eigenvalue weighted by Crippen LogP contribution is -2.15. The topological polar surface area (TPSA) is 81.2 Å². The van der Waals surface area contributed by atoms with Crippen molar-refractivity contribution in [2.75, 3.05) is 19.8 Å². The first kappa shape index (κ1) is 14.3. The Morgan fingerprint density at radius 2 is 2.05 bits per heavy atom. The van der Waals surface area contributed by atoms with E-state index in [0.717, 1.165) is 23.9 Å². The molecule has 0 saturated carbocycles. The average Bonchev–Trinajstić information content (AvgIpc) is 2.46. The van der Waals surface area contributed by atoms with Gasteiger partial charge in [-0.25, -0.2) is 0 Å². The zero-order chi connectivity index (χ0) is 14.4. The molecule has 1 heterocycles. The van der Waals surface area contributed by atoms with Crippen LogP contribution in [0.2, 0.25) is 0 Å². The van der Waals surface area contributed by atoms with E-state index < -0.39 is 0 Å². The molecule has 3 N–H and O–H groups in total. The van der Waals surface area contributed by atoms with E-state index in [0.29, 0.717) is 24.5 Å². The number of aromatic nitrogens is 1. The quantitative estimate of drug-likeness (QED) is 0.461. The largest absolute Gasteiger partial charge is 0.490 e. The summed E-state index contributed by atoms with van der Waals surface area (Å²) in [6.45, 7) is 3.72. The third kappa shape index (κ3) is 3.24. The SMILES string of the molecule is CCCOCCOc1c(C(=N)N)cnc2ccccc12. The summed E-state index contributed by atoms with van der Waals surface area (Å²) in [4.78, 5) is 4.29. The minimum absolute atomic E-state index is 0.0484. The molecule has 0 atom stereocenters. The van der Waals surface area contributed by atoms with Gasteiger partial charge in [0.05, 0.1) is 17.7 Å². The second kappa shape index (κ2) is 6.86. The number of hydrogen-bond acceptors (Lipinski definition) is 4. The molecule has 1 aromatic carbocycles. The van der Waals surface area contributed by atoms with Crippen LogP contribution >= 0.6 is 0 Å². The van der Waals surface area contributed by atoms with Crippen molar-refractivity contribution in [3.63, 3.8) is 0 Å². The summed E-state index contributed by atoms with van der Waals surface area (Å²) in [6, 6.07) is 7.64. The fourth-order valence-electron chi connectivity index (χ4n) is 1.91. The number of nitrogens with one attached hydrogen (secondary N) is 1. The van der Waals surface area contributed by atoms with E-state index in [4.69, 9.17) is 20.6 Å². The number of rotatable bonds is 7. The van der Waals surface area contributed by atoms with E-state index in [9.17, 15) is 0 Å². The highest BCUT2D eigenvalue weighted by molar-refractivity contribution is 6.02. The van der Waals surface area contributed by atoms with Crippen LogP contribution in [-0.4, -0.2) is 30.6 Å². The van der Waals surface area contributed by atoms with Gasteiger partial charge in [0.1, 0.15) is 18.2 Å². The fourth-order valence-corrected chi connectivity index (χ4v) is 1.91. The molecular formula is C15H19N3O2. The summed E-state index contributed by atoms with van der Waals surface area (Å²) in [5.74, 6) is 0.552. The van der Waals surface area contributed by atoms with Crippen molar-refractivity contribution in [2.24, 2.45) is 5.73 Å². The smallest absolute Gasteiger partial charge is 0.141 e. The Hall–Kier alpha value is -2.14. The molecule has 0 spiro atoms. The van der Waals surface area contributed by atoms with Crippen molar-refractivity contribution < 1.29 is 9.47 Å². The number of nitrogen functional groups attached to an aromatic ring is 1. The Morgan fingerprint density at radius 3 is 2.80 bits per heavy atom. The zero-order valence-electron chi connectivity index (χ0n) is 11.6. The molecule has 5 heteroatoms. The van der Waals surface area contributed by atoms with Crippen LogP contribution in [0.25, 0.3) is 10.9 Å². The van der Waals surface area contributed by atoms with Gasteiger partial charge < -0.3 is 15.2 Å². The van der Waals surface area contributed by atoms with Gasteiger partial charge in [-0.3, -0.25) is 10.4 Å². The van der Waals surface area contributed by atoms with Gasteiger partial charge in [0.2, 0.25) is 0 Å².